The fraction of sp³-hybridized carbons (Fsp3) is 0.476. The number of likely N-dealkylation sites (tertiary alicyclic amines) is 1. The van der Waals surface area contributed by atoms with Gasteiger partial charge in [0, 0.05) is 40.5 Å². The lowest BCUT2D eigenvalue weighted by Gasteiger charge is -2.53. The van der Waals surface area contributed by atoms with E-state index < -0.39 is 0 Å². The van der Waals surface area contributed by atoms with Crippen LogP contribution in [0.25, 0.3) is 17.1 Å². The minimum atomic E-state index is -0.188. The van der Waals surface area contributed by atoms with Crippen LogP contribution >= 0.6 is 24.8 Å². The number of guanidine groups is 1. The van der Waals surface area contributed by atoms with Gasteiger partial charge < -0.3 is 10.3 Å². The average Bonchev–Trinajstić information content (AvgIpc) is 3.16. The third kappa shape index (κ3) is 4.48. The van der Waals surface area contributed by atoms with Crippen molar-refractivity contribution in [3.8, 4) is 0 Å². The van der Waals surface area contributed by atoms with Crippen LogP contribution in [0.5, 0.6) is 0 Å². The maximum absolute atomic E-state index is 12.4. The molecule has 0 atom stereocenters. The molecule has 164 valence electrons. The SMILES string of the molecule is CN1C(C)(C)CC(NC2=N/C(=C\c3c[nH]c4ncccc34)C(=O)N2)CC1(C)C.Cl.Cl. The highest BCUT2D eigenvalue weighted by Crippen LogP contribution is 2.36. The standard InChI is InChI=1S/C21H28N6O.2ClH/c1-20(2)10-14(11-21(3,4)27(20)5)24-19-25-16(18(28)26-19)9-13-12-23-17-15(13)7-6-8-22-17;;/h6-9,12,14H,10-11H2,1-5H3,(H,22,23)(H2,24,25,26,28);2*1H/b16-9-;;. The lowest BCUT2D eigenvalue weighted by Crippen LogP contribution is -2.63. The molecule has 3 N–H and O–H groups in total. The Balaban J connectivity index is 0.00000160. The van der Waals surface area contributed by atoms with E-state index in [1.54, 1.807) is 12.3 Å². The number of hydrogen-bond acceptors (Lipinski definition) is 5. The van der Waals surface area contributed by atoms with Crippen LogP contribution in [0.3, 0.4) is 0 Å². The normalized spacial score (nSPS) is 22.2. The van der Waals surface area contributed by atoms with Crippen LogP contribution in [0.15, 0.2) is 35.2 Å². The van der Waals surface area contributed by atoms with Gasteiger partial charge in [-0.2, -0.15) is 0 Å². The Morgan fingerprint density at radius 2 is 1.87 bits per heavy atom. The summed E-state index contributed by atoms with van der Waals surface area (Å²) in [5.74, 6) is 0.350. The van der Waals surface area contributed by atoms with Gasteiger partial charge in [0.1, 0.15) is 11.3 Å². The Hall–Kier alpha value is -2.09. The van der Waals surface area contributed by atoms with Crippen molar-refractivity contribution in [2.45, 2.75) is 57.7 Å². The molecule has 2 aliphatic heterocycles. The molecule has 1 saturated heterocycles. The number of aliphatic imine (C=N–C) groups is 1. The van der Waals surface area contributed by atoms with Gasteiger partial charge in [-0.1, -0.05) is 0 Å². The van der Waals surface area contributed by atoms with Crippen molar-refractivity contribution < 1.29 is 4.79 Å². The van der Waals surface area contributed by atoms with Crippen LogP contribution in [0, 0.1) is 0 Å². The van der Waals surface area contributed by atoms with E-state index in [1.807, 2.05) is 18.3 Å². The topological polar surface area (TPSA) is 85.4 Å². The van der Waals surface area contributed by atoms with Gasteiger partial charge in [0.05, 0.1) is 0 Å². The summed E-state index contributed by atoms with van der Waals surface area (Å²) < 4.78 is 0. The van der Waals surface area contributed by atoms with Crippen LogP contribution in [0.4, 0.5) is 0 Å². The quantitative estimate of drug-likeness (QED) is 0.608. The molecular weight excluding hydrogens is 423 g/mol. The fourth-order valence-corrected chi connectivity index (χ4v) is 4.45. The molecule has 4 rings (SSSR count). The van der Waals surface area contributed by atoms with Gasteiger partial charge >= 0.3 is 0 Å². The van der Waals surface area contributed by atoms with Crippen LogP contribution < -0.4 is 10.6 Å². The van der Waals surface area contributed by atoms with Gasteiger partial charge in [0.25, 0.3) is 5.91 Å². The zero-order valence-corrected chi connectivity index (χ0v) is 19.6. The van der Waals surface area contributed by atoms with Crippen molar-refractivity contribution in [3.63, 3.8) is 0 Å². The first-order valence-electron chi connectivity index (χ1n) is 9.70. The number of nitrogens with zero attached hydrogens (tertiary/aromatic N) is 3. The number of rotatable bonds is 2. The molecule has 1 amide bonds. The van der Waals surface area contributed by atoms with E-state index >= 15 is 0 Å². The van der Waals surface area contributed by atoms with Gasteiger partial charge in [-0.15, -0.1) is 24.8 Å². The highest BCUT2D eigenvalue weighted by Gasteiger charge is 2.43. The number of amides is 1. The summed E-state index contributed by atoms with van der Waals surface area (Å²) in [6, 6.07) is 4.10. The Morgan fingerprint density at radius 1 is 1.20 bits per heavy atom. The molecular formula is C21H30Cl2N6O. The average molecular weight is 453 g/mol. The van der Waals surface area contributed by atoms with Gasteiger partial charge in [-0.05, 0) is 65.8 Å². The summed E-state index contributed by atoms with van der Waals surface area (Å²) in [7, 11) is 2.18. The van der Waals surface area contributed by atoms with Gasteiger partial charge in [0.15, 0.2) is 0 Å². The zero-order chi connectivity index (χ0) is 20.1. The van der Waals surface area contributed by atoms with E-state index in [4.69, 9.17) is 0 Å². The van der Waals surface area contributed by atoms with Crippen LogP contribution in [0.1, 0.15) is 46.1 Å². The van der Waals surface area contributed by atoms with Crippen molar-refractivity contribution in [2.75, 3.05) is 7.05 Å². The first-order valence-corrected chi connectivity index (χ1v) is 9.70. The molecule has 1 fully saturated rings. The predicted molar refractivity (Wildman–Crippen MR) is 126 cm³/mol. The highest BCUT2D eigenvalue weighted by molar-refractivity contribution is 6.14. The van der Waals surface area contributed by atoms with E-state index in [1.165, 1.54) is 0 Å². The number of carbonyl (C=O) groups is 1. The van der Waals surface area contributed by atoms with Crippen molar-refractivity contribution in [1.82, 2.24) is 25.5 Å². The molecule has 2 aliphatic rings. The predicted octanol–water partition coefficient (Wildman–Crippen LogP) is 3.47. The number of carbonyl (C=O) groups excluding carboxylic acids is 1. The molecule has 9 heteroatoms. The lowest BCUT2D eigenvalue weighted by molar-refractivity contribution is -0.115. The maximum Gasteiger partial charge on any atom is 0.276 e. The monoisotopic (exact) mass is 452 g/mol. The zero-order valence-electron chi connectivity index (χ0n) is 17.9. The Labute approximate surface area is 189 Å². The number of hydrogen-bond donors (Lipinski definition) is 3. The van der Waals surface area contributed by atoms with Gasteiger partial charge in [-0.3, -0.25) is 15.0 Å². The second kappa shape index (κ2) is 8.57. The summed E-state index contributed by atoms with van der Waals surface area (Å²) in [5, 5.41) is 7.30. The minimum Gasteiger partial charge on any atom is -0.353 e. The number of piperidine rings is 1. The first-order chi connectivity index (χ1) is 13.2. The maximum atomic E-state index is 12.4. The molecule has 0 unspecified atom stereocenters. The molecule has 0 aromatic carbocycles. The van der Waals surface area contributed by atoms with E-state index in [2.05, 4.69) is 65.2 Å². The number of aromatic nitrogens is 2. The van der Waals surface area contributed by atoms with Crippen molar-refractivity contribution in [1.29, 1.82) is 0 Å². The number of nitrogens with one attached hydrogen (secondary N) is 3. The van der Waals surface area contributed by atoms with Crippen molar-refractivity contribution in [3.05, 3.63) is 35.8 Å². The number of aromatic amines is 1. The molecule has 4 heterocycles. The Kier molecular flexibility index (Phi) is 6.91. The third-order valence-corrected chi connectivity index (χ3v) is 6.12. The Morgan fingerprint density at radius 3 is 2.53 bits per heavy atom. The second-order valence-electron chi connectivity index (χ2n) is 9.02. The molecule has 0 bridgehead atoms. The Bertz CT molecular complexity index is 976. The van der Waals surface area contributed by atoms with Gasteiger partial charge in [0.2, 0.25) is 5.96 Å². The van der Waals surface area contributed by atoms with E-state index in [-0.39, 0.29) is 47.8 Å². The molecule has 30 heavy (non-hydrogen) atoms. The molecule has 2 aromatic rings. The van der Waals surface area contributed by atoms with Crippen LogP contribution in [0.2, 0.25) is 0 Å². The van der Waals surface area contributed by atoms with E-state index in [0.717, 1.165) is 29.4 Å². The summed E-state index contributed by atoms with van der Waals surface area (Å²) in [6.45, 7) is 9.03. The summed E-state index contributed by atoms with van der Waals surface area (Å²) in [4.78, 5) is 26.8. The third-order valence-electron chi connectivity index (χ3n) is 6.12. The smallest absolute Gasteiger partial charge is 0.276 e. The summed E-state index contributed by atoms with van der Waals surface area (Å²) >= 11 is 0. The lowest BCUT2D eigenvalue weighted by atomic mass is 9.77. The highest BCUT2D eigenvalue weighted by atomic mass is 35.5. The number of halogens is 2. The molecule has 0 saturated carbocycles. The fourth-order valence-electron chi connectivity index (χ4n) is 4.45. The van der Waals surface area contributed by atoms with Crippen LogP contribution in [-0.2, 0) is 4.79 Å². The first kappa shape index (κ1) is 24.2. The largest absolute Gasteiger partial charge is 0.353 e. The minimum absolute atomic E-state index is 0. The van der Waals surface area contributed by atoms with Gasteiger partial charge in [-0.25, -0.2) is 9.98 Å². The molecule has 2 aromatic heterocycles. The summed E-state index contributed by atoms with van der Waals surface area (Å²) in [6.07, 6.45) is 7.35. The molecule has 0 aliphatic carbocycles. The van der Waals surface area contributed by atoms with E-state index in [0.29, 0.717) is 11.7 Å². The second-order valence-corrected chi connectivity index (χ2v) is 9.02. The molecule has 0 radical (unpaired) electrons. The van der Waals surface area contributed by atoms with Crippen molar-refractivity contribution >= 4 is 53.8 Å². The van der Waals surface area contributed by atoms with Crippen LogP contribution in [-0.4, -0.2) is 50.9 Å². The molecule has 7 nitrogen and oxygen atoms in total. The number of H-pyrrole nitrogens is 1. The number of pyridine rings is 1. The number of fused-ring (bicyclic) bond motifs is 1. The van der Waals surface area contributed by atoms with Crippen molar-refractivity contribution in [2.24, 2.45) is 4.99 Å². The molecule has 0 spiro atoms. The van der Waals surface area contributed by atoms with E-state index in [9.17, 15) is 4.79 Å². The summed E-state index contributed by atoms with van der Waals surface area (Å²) in [5.41, 5.74) is 2.24.